The van der Waals surface area contributed by atoms with E-state index in [1.54, 1.807) is 30.3 Å². The zero-order chi connectivity index (χ0) is 18.8. The summed E-state index contributed by atoms with van der Waals surface area (Å²) in [6, 6.07) is 25.9. The summed E-state index contributed by atoms with van der Waals surface area (Å²) in [5.74, 6) is 0.916. The van der Waals surface area contributed by atoms with Gasteiger partial charge in [0.2, 0.25) is 0 Å². The number of carbonyl (C=O) groups is 2. The normalized spacial score (nSPS) is 9.38. The predicted molar refractivity (Wildman–Crippen MR) is 95.6 cm³/mol. The summed E-state index contributed by atoms with van der Waals surface area (Å²) < 4.78 is 10.5. The molecule has 0 atom stereocenters. The number of hydrogen-bond donors (Lipinski definition) is 2. The Morgan fingerprint density at radius 3 is 1.77 bits per heavy atom. The highest BCUT2D eigenvalue weighted by Gasteiger charge is 2.12. The van der Waals surface area contributed by atoms with Gasteiger partial charge in [-0.05, 0) is 23.8 Å². The third kappa shape index (κ3) is 6.01. The molecule has 0 aliphatic carbocycles. The van der Waals surface area contributed by atoms with Gasteiger partial charge in [0.15, 0.2) is 0 Å². The maximum absolute atomic E-state index is 11.9. The molecule has 2 N–H and O–H groups in total. The molecule has 0 aliphatic heterocycles. The Hall–Kier alpha value is -3.80. The van der Waals surface area contributed by atoms with Gasteiger partial charge in [-0.25, -0.2) is 9.59 Å². The van der Waals surface area contributed by atoms with Gasteiger partial charge in [0.1, 0.15) is 11.5 Å². The molecule has 0 saturated heterocycles. The van der Waals surface area contributed by atoms with Crippen LogP contribution in [0.3, 0.4) is 0 Å². The molecule has 132 valence electrons. The van der Waals surface area contributed by atoms with E-state index in [-0.39, 0.29) is 0 Å². The molecule has 0 saturated carbocycles. The van der Waals surface area contributed by atoms with Crippen LogP contribution in [-0.2, 0) is 0 Å². The molecule has 6 nitrogen and oxygen atoms in total. The van der Waals surface area contributed by atoms with E-state index < -0.39 is 12.3 Å². The second kappa shape index (κ2) is 9.48. The molecule has 0 fully saturated rings. The van der Waals surface area contributed by atoms with Gasteiger partial charge in [0.25, 0.3) is 0 Å². The average molecular weight is 352 g/mol. The molecular weight excluding hydrogens is 336 g/mol. The molecule has 6 heteroatoms. The Kier molecular flexibility index (Phi) is 6.76. The summed E-state index contributed by atoms with van der Waals surface area (Å²) in [5.41, 5.74) is 1.82. The fraction of sp³-hybridized carbons (Fsp3) is 0. The first kappa shape index (κ1) is 18.5. The van der Waals surface area contributed by atoms with E-state index in [9.17, 15) is 4.79 Å². The van der Waals surface area contributed by atoms with Crippen molar-refractivity contribution in [3.63, 3.8) is 0 Å². The van der Waals surface area contributed by atoms with Crippen LogP contribution in [0.4, 0.5) is 9.59 Å². The lowest BCUT2D eigenvalue weighted by Gasteiger charge is -2.10. The Morgan fingerprint density at radius 1 is 0.654 bits per heavy atom. The lowest BCUT2D eigenvalue weighted by molar-refractivity contribution is 0.136. The molecule has 0 spiro atoms. The Morgan fingerprint density at radius 2 is 1.15 bits per heavy atom. The van der Waals surface area contributed by atoms with Crippen molar-refractivity contribution in [3.8, 4) is 22.6 Å². The summed E-state index contributed by atoms with van der Waals surface area (Å²) in [6.45, 7) is 0. The van der Waals surface area contributed by atoms with Gasteiger partial charge < -0.3 is 19.7 Å². The first-order valence-corrected chi connectivity index (χ1v) is 7.57. The van der Waals surface area contributed by atoms with E-state index in [0.717, 1.165) is 11.1 Å². The number of para-hydroxylation sites is 2. The highest BCUT2D eigenvalue weighted by Crippen LogP contribution is 2.29. The molecular formula is C20H16O6. The topological polar surface area (TPSA) is 93.1 Å². The van der Waals surface area contributed by atoms with Gasteiger partial charge >= 0.3 is 12.3 Å². The summed E-state index contributed by atoms with van der Waals surface area (Å²) in [6.07, 6.45) is -2.59. The Bertz CT molecular complexity index is 842. The molecule has 0 unspecified atom stereocenters. The number of carboxylic acid groups (broad SMARTS) is 2. The lowest BCUT2D eigenvalue weighted by atomic mass is 10.1. The van der Waals surface area contributed by atoms with Crippen LogP contribution in [0, 0.1) is 0 Å². The zero-order valence-electron chi connectivity index (χ0n) is 13.6. The van der Waals surface area contributed by atoms with Gasteiger partial charge in [-0.1, -0.05) is 66.7 Å². The third-order valence-corrected chi connectivity index (χ3v) is 3.11. The van der Waals surface area contributed by atoms with E-state index in [0.29, 0.717) is 11.5 Å². The Labute approximate surface area is 149 Å². The maximum Gasteiger partial charge on any atom is 0.519 e. The highest BCUT2D eigenvalue weighted by atomic mass is 16.7. The molecule has 0 bridgehead atoms. The van der Waals surface area contributed by atoms with Gasteiger partial charge in [-0.2, -0.15) is 0 Å². The molecule has 0 heterocycles. The minimum atomic E-state index is -1.83. The number of benzene rings is 3. The van der Waals surface area contributed by atoms with Crippen molar-refractivity contribution in [1.29, 1.82) is 0 Å². The van der Waals surface area contributed by atoms with E-state index in [1.165, 1.54) is 0 Å². The number of rotatable bonds is 3. The Balaban J connectivity index is 0.000000552. The number of ether oxygens (including phenoxy) is 2. The molecule has 3 aromatic rings. The fourth-order valence-electron chi connectivity index (χ4n) is 2.11. The highest BCUT2D eigenvalue weighted by molar-refractivity contribution is 5.75. The maximum atomic E-state index is 11.9. The van der Waals surface area contributed by atoms with Crippen LogP contribution < -0.4 is 9.47 Å². The molecule has 0 aromatic heterocycles. The van der Waals surface area contributed by atoms with E-state index >= 15 is 0 Å². The molecule has 3 aromatic carbocycles. The standard InChI is InChI=1S/C19H14O3.CH2O3/c20-19(21-16-11-5-2-6-12-16)22-18-14-8-7-13-17(18)15-9-3-1-4-10-15;2-1(3)4/h1-14H;(H2,2,3,4). The van der Waals surface area contributed by atoms with Crippen LogP contribution in [-0.4, -0.2) is 22.5 Å². The monoisotopic (exact) mass is 352 g/mol. The van der Waals surface area contributed by atoms with Gasteiger partial charge in [-0.15, -0.1) is 0 Å². The predicted octanol–water partition coefficient (Wildman–Crippen LogP) is 5.15. The van der Waals surface area contributed by atoms with Crippen molar-refractivity contribution in [1.82, 2.24) is 0 Å². The van der Waals surface area contributed by atoms with Gasteiger partial charge in [0, 0.05) is 5.56 Å². The van der Waals surface area contributed by atoms with Crippen LogP contribution in [0.1, 0.15) is 0 Å². The second-order valence-corrected chi connectivity index (χ2v) is 4.91. The van der Waals surface area contributed by atoms with E-state index in [4.69, 9.17) is 24.5 Å². The van der Waals surface area contributed by atoms with Gasteiger partial charge in [-0.3, -0.25) is 0 Å². The summed E-state index contributed by atoms with van der Waals surface area (Å²) in [5, 5.41) is 13.9. The molecule has 0 amide bonds. The van der Waals surface area contributed by atoms with Crippen LogP contribution in [0.15, 0.2) is 84.9 Å². The van der Waals surface area contributed by atoms with Crippen LogP contribution in [0.2, 0.25) is 0 Å². The van der Waals surface area contributed by atoms with E-state index in [2.05, 4.69) is 0 Å². The molecule has 0 aliphatic rings. The lowest BCUT2D eigenvalue weighted by Crippen LogP contribution is -2.14. The van der Waals surface area contributed by atoms with Crippen LogP contribution in [0.5, 0.6) is 11.5 Å². The van der Waals surface area contributed by atoms with Crippen LogP contribution >= 0.6 is 0 Å². The van der Waals surface area contributed by atoms with Crippen molar-refractivity contribution in [2.24, 2.45) is 0 Å². The first-order chi connectivity index (χ1) is 12.6. The van der Waals surface area contributed by atoms with Crippen LogP contribution in [0.25, 0.3) is 11.1 Å². The van der Waals surface area contributed by atoms with Crippen molar-refractivity contribution >= 4 is 12.3 Å². The summed E-state index contributed by atoms with van der Waals surface area (Å²) >= 11 is 0. The summed E-state index contributed by atoms with van der Waals surface area (Å²) in [4.78, 5) is 20.5. The smallest absolute Gasteiger partial charge is 0.450 e. The summed E-state index contributed by atoms with van der Waals surface area (Å²) in [7, 11) is 0. The number of hydrogen-bond acceptors (Lipinski definition) is 4. The molecule has 26 heavy (non-hydrogen) atoms. The SMILES string of the molecule is O=C(O)O.O=C(Oc1ccccc1)Oc1ccccc1-c1ccccc1. The average Bonchev–Trinajstić information content (AvgIpc) is 2.63. The molecule has 0 radical (unpaired) electrons. The largest absolute Gasteiger partial charge is 0.519 e. The number of carbonyl (C=O) groups excluding carboxylic acids is 1. The quantitative estimate of drug-likeness (QED) is 0.500. The second-order valence-electron chi connectivity index (χ2n) is 4.91. The van der Waals surface area contributed by atoms with E-state index in [1.807, 2.05) is 54.6 Å². The minimum Gasteiger partial charge on any atom is -0.450 e. The third-order valence-electron chi connectivity index (χ3n) is 3.11. The minimum absolute atomic E-state index is 0.449. The molecule has 3 rings (SSSR count). The van der Waals surface area contributed by atoms with Crippen molar-refractivity contribution in [3.05, 3.63) is 84.9 Å². The zero-order valence-corrected chi connectivity index (χ0v) is 13.6. The first-order valence-electron chi connectivity index (χ1n) is 7.57. The van der Waals surface area contributed by atoms with Crippen molar-refractivity contribution < 1.29 is 29.3 Å². The van der Waals surface area contributed by atoms with Crippen molar-refractivity contribution in [2.45, 2.75) is 0 Å². The van der Waals surface area contributed by atoms with Crippen molar-refractivity contribution in [2.75, 3.05) is 0 Å². The fourth-order valence-corrected chi connectivity index (χ4v) is 2.11. The van der Waals surface area contributed by atoms with Gasteiger partial charge in [0.05, 0.1) is 0 Å².